The molecule has 0 atom stereocenters. The monoisotopic (exact) mass is 307 g/mol. The van der Waals surface area contributed by atoms with Crippen molar-refractivity contribution in [2.75, 3.05) is 7.05 Å². The summed E-state index contributed by atoms with van der Waals surface area (Å²) < 4.78 is 14.6. The Morgan fingerprint density at radius 1 is 1.17 bits per heavy atom. The maximum atomic E-state index is 14.1. The van der Waals surface area contributed by atoms with Crippen LogP contribution in [0.15, 0.2) is 40.9 Å². The van der Waals surface area contributed by atoms with Crippen molar-refractivity contribution in [2.45, 2.75) is 13.5 Å². The predicted molar refractivity (Wildman–Crippen MR) is 77.0 cm³/mol. The van der Waals surface area contributed by atoms with Crippen molar-refractivity contribution in [3.05, 3.63) is 57.8 Å². The molecule has 0 aliphatic heterocycles. The highest BCUT2D eigenvalue weighted by Crippen LogP contribution is 2.30. The van der Waals surface area contributed by atoms with Crippen LogP contribution in [0.2, 0.25) is 0 Å². The largest absolute Gasteiger partial charge is 0.316 e. The summed E-state index contributed by atoms with van der Waals surface area (Å²) in [5.74, 6) is -0.207. The number of halogens is 2. The molecule has 1 nitrogen and oxygen atoms in total. The lowest BCUT2D eigenvalue weighted by Crippen LogP contribution is -2.05. The van der Waals surface area contributed by atoms with Gasteiger partial charge in [-0.25, -0.2) is 4.39 Å². The first-order chi connectivity index (χ1) is 8.63. The third-order valence-corrected chi connectivity index (χ3v) is 3.53. The van der Waals surface area contributed by atoms with Gasteiger partial charge in [0.15, 0.2) is 0 Å². The Hall–Kier alpha value is -1.19. The van der Waals surface area contributed by atoms with Crippen LogP contribution in [0.1, 0.15) is 11.1 Å². The molecule has 0 aromatic heterocycles. The Morgan fingerprint density at radius 2 is 1.94 bits per heavy atom. The van der Waals surface area contributed by atoms with E-state index in [1.807, 2.05) is 32.2 Å². The average Bonchev–Trinajstić information content (AvgIpc) is 2.34. The molecule has 0 spiro atoms. The first-order valence-corrected chi connectivity index (χ1v) is 6.61. The Balaban J connectivity index is 2.48. The fraction of sp³-hybridized carbons (Fsp3) is 0.200. The lowest BCUT2D eigenvalue weighted by atomic mass is 9.98. The second-order valence-electron chi connectivity index (χ2n) is 4.28. The minimum absolute atomic E-state index is 0.207. The summed E-state index contributed by atoms with van der Waals surface area (Å²) in [7, 11) is 1.91. The van der Waals surface area contributed by atoms with Gasteiger partial charge in [0.25, 0.3) is 0 Å². The molecule has 0 heterocycles. The summed E-state index contributed by atoms with van der Waals surface area (Å²) in [6.07, 6.45) is 0. The molecular weight excluding hydrogens is 293 g/mol. The molecule has 18 heavy (non-hydrogen) atoms. The van der Waals surface area contributed by atoms with Crippen molar-refractivity contribution in [3.8, 4) is 11.1 Å². The fourth-order valence-electron chi connectivity index (χ4n) is 2.05. The molecule has 2 rings (SSSR count). The molecule has 0 amide bonds. The van der Waals surface area contributed by atoms with Crippen LogP contribution in [0, 0.1) is 12.7 Å². The topological polar surface area (TPSA) is 12.0 Å². The molecule has 94 valence electrons. The first kappa shape index (κ1) is 13.2. The average molecular weight is 308 g/mol. The van der Waals surface area contributed by atoms with Gasteiger partial charge in [-0.05, 0) is 52.7 Å². The lowest BCUT2D eigenvalue weighted by Gasteiger charge is -2.10. The van der Waals surface area contributed by atoms with Crippen LogP contribution in [0.5, 0.6) is 0 Å². The Labute approximate surface area is 115 Å². The van der Waals surface area contributed by atoms with Gasteiger partial charge in [-0.1, -0.05) is 30.3 Å². The van der Waals surface area contributed by atoms with E-state index in [1.54, 1.807) is 12.1 Å². The van der Waals surface area contributed by atoms with Crippen molar-refractivity contribution in [3.63, 3.8) is 0 Å². The second-order valence-corrected chi connectivity index (χ2v) is 5.14. The predicted octanol–water partition coefficient (Wildman–Crippen LogP) is 4.28. The molecule has 0 aliphatic carbocycles. The number of hydrogen-bond donors (Lipinski definition) is 1. The maximum Gasteiger partial charge on any atom is 0.145 e. The molecule has 0 fully saturated rings. The quantitative estimate of drug-likeness (QED) is 0.892. The first-order valence-electron chi connectivity index (χ1n) is 5.82. The summed E-state index contributed by atoms with van der Waals surface area (Å²) in [5, 5.41) is 3.11. The standard InChI is InChI=1S/C15H15BrFN/c1-10-8-11(9-18-2)6-7-12(10)13-4-3-5-14(16)15(13)17/h3-8,18H,9H2,1-2H3. The zero-order valence-corrected chi connectivity index (χ0v) is 12.0. The normalized spacial score (nSPS) is 10.7. The van der Waals surface area contributed by atoms with Gasteiger partial charge >= 0.3 is 0 Å². The van der Waals surface area contributed by atoms with E-state index in [2.05, 4.69) is 27.3 Å². The van der Waals surface area contributed by atoms with Crippen molar-refractivity contribution < 1.29 is 4.39 Å². The second kappa shape index (κ2) is 5.63. The van der Waals surface area contributed by atoms with Gasteiger partial charge < -0.3 is 5.32 Å². The molecule has 3 heteroatoms. The summed E-state index contributed by atoms with van der Waals surface area (Å²) in [4.78, 5) is 0. The molecule has 0 bridgehead atoms. The minimum Gasteiger partial charge on any atom is -0.316 e. The molecular formula is C15H15BrFN. The van der Waals surface area contributed by atoms with Gasteiger partial charge in [-0.15, -0.1) is 0 Å². The summed E-state index contributed by atoms with van der Waals surface area (Å²) in [6.45, 7) is 2.83. The van der Waals surface area contributed by atoms with Gasteiger partial charge in [0.05, 0.1) is 4.47 Å². The van der Waals surface area contributed by atoms with Crippen molar-refractivity contribution >= 4 is 15.9 Å². The SMILES string of the molecule is CNCc1ccc(-c2cccc(Br)c2F)c(C)c1. The van der Waals surface area contributed by atoms with Gasteiger partial charge in [-0.3, -0.25) is 0 Å². The highest BCUT2D eigenvalue weighted by Gasteiger charge is 2.10. The summed E-state index contributed by atoms with van der Waals surface area (Å²) >= 11 is 3.22. The number of rotatable bonds is 3. The van der Waals surface area contributed by atoms with Crippen molar-refractivity contribution in [1.29, 1.82) is 0 Å². The Morgan fingerprint density at radius 3 is 2.61 bits per heavy atom. The third kappa shape index (κ3) is 2.62. The van der Waals surface area contributed by atoms with Crippen LogP contribution in [-0.4, -0.2) is 7.05 Å². The maximum absolute atomic E-state index is 14.1. The van der Waals surface area contributed by atoms with E-state index in [9.17, 15) is 4.39 Å². The van der Waals surface area contributed by atoms with E-state index in [1.165, 1.54) is 5.56 Å². The Kier molecular flexibility index (Phi) is 4.15. The van der Waals surface area contributed by atoms with E-state index in [0.29, 0.717) is 10.0 Å². The molecule has 1 N–H and O–H groups in total. The van der Waals surface area contributed by atoms with Crippen LogP contribution in [0.25, 0.3) is 11.1 Å². The molecule has 0 saturated carbocycles. The van der Waals surface area contributed by atoms with E-state index >= 15 is 0 Å². The van der Waals surface area contributed by atoms with Crippen LogP contribution < -0.4 is 5.32 Å². The van der Waals surface area contributed by atoms with Gasteiger partial charge in [0.1, 0.15) is 5.82 Å². The number of benzene rings is 2. The molecule has 2 aromatic rings. The number of hydrogen-bond acceptors (Lipinski definition) is 1. The summed E-state index contributed by atoms with van der Waals surface area (Å²) in [5.41, 5.74) is 3.86. The molecule has 0 unspecified atom stereocenters. The Bertz CT molecular complexity index is 566. The number of aryl methyl sites for hydroxylation is 1. The van der Waals surface area contributed by atoms with E-state index < -0.39 is 0 Å². The number of nitrogens with one attached hydrogen (secondary N) is 1. The zero-order chi connectivity index (χ0) is 13.1. The molecule has 0 saturated heterocycles. The zero-order valence-electron chi connectivity index (χ0n) is 10.4. The van der Waals surface area contributed by atoms with Gasteiger partial charge in [-0.2, -0.15) is 0 Å². The van der Waals surface area contributed by atoms with Crippen LogP contribution >= 0.6 is 15.9 Å². The molecule has 0 aliphatic rings. The van der Waals surface area contributed by atoms with Crippen molar-refractivity contribution in [2.24, 2.45) is 0 Å². The highest BCUT2D eigenvalue weighted by molar-refractivity contribution is 9.10. The fourth-order valence-corrected chi connectivity index (χ4v) is 2.42. The van der Waals surface area contributed by atoms with Crippen LogP contribution in [-0.2, 0) is 6.54 Å². The van der Waals surface area contributed by atoms with E-state index in [4.69, 9.17) is 0 Å². The smallest absolute Gasteiger partial charge is 0.145 e. The van der Waals surface area contributed by atoms with E-state index in [-0.39, 0.29) is 5.82 Å². The van der Waals surface area contributed by atoms with Crippen LogP contribution in [0.3, 0.4) is 0 Å². The lowest BCUT2D eigenvalue weighted by molar-refractivity contribution is 0.624. The van der Waals surface area contributed by atoms with Crippen molar-refractivity contribution in [1.82, 2.24) is 5.32 Å². The third-order valence-electron chi connectivity index (χ3n) is 2.91. The van der Waals surface area contributed by atoms with Gasteiger partial charge in [0.2, 0.25) is 0 Å². The highest BCUT2D eigenvalue weighted by atomic mass is 79.9. The van der Waals surface area contributed by atoms with Gasteiger partial charge in [0, 0.05) is 12.1 Å². The van der Waals surface area contributed by atoms with E-state index in [0.717, 1.165) is 17.7 Å². The molecule has 0 radical (unpaired) electrons. The van der Waals surface area contributed by atoms with Crippen LogP contribution in [0.4, 0.5) is 4.39 Å². The molecule has 2 aromatic carbocycles. The summed E-state index contributed by atoms with van der Waals surface area (Å²) in [6, 6.07) is 11.5. The minimum atomic E-state index is -0.207.